The largest absolute Gasteiger partial charge is 0.493 e. The highest BCUT2D eigenvalue weighted by molar-refractivity contribution is 5.64. The van der Waals surface area contributed by atoms with Crippen LogP contribution in [-0.4, -0.2) is 49.2 Å². The highest BCUT2D eigenvalue weighted by Gasteiger charge is 2.86. The summed E-state index contributed by atoms with van der Waals surface area (Å²) < 4.78 is 19.1. The summed E-state index contributed by atoms with van der Waals surface area (Å²) in [5, 5.41) is 15.8. The SMILES string of the molecule is COc1ccc2c3c1O[C@@H]1C34CCNC(C2)[C@@]42C[C@H]([C@](C)(O)C(C)(C)C)[C@]1(OC)C2. The van der Waals surface area contributed by atoms with Gasteiger partial charge in [-0.05, 0) is 56.2 Å². The lowest BCUT2D eigenvalue weighted by Crippen LogP contribution is -2.71. The van der Waals surface area contributed by atoms with Crippen molar-refractivity contribution in [2.75, 3.05) is 20.8 Å². The molecule has 5 nitrogen and oxygen atoms in total. The molecule has 6 rings (SSSR count). The zero-order valence-electron chi connectivity index (χ0n) is 19.1. The molecule has 2 N–H and O–H groups in total. The molecule has 3 fully saturated rings. The van der Waals surface area contributed by atoms with Gasteiger partial charge in [0.05, 0.1) is 12.7 Å². The van der Waals surface area contributed by atoms with Crippen LogP contribution < -0.4 is 14.8 Å². The number of ether oxygens (including phenoxy) is 3. The predicted molar refractivity (Wildman–Crippen MR) is 114 cm³/mol. The number of hydrogen-bond acceptors (Lipinski definition) is 5. The zero-order valence-corrected chi connectivity index (χ0v) is 19.1. The summed E-state index contributed by atoms with van der Waals surface area (Å²) in [6.45, 7) is 9.44. The Morgan fingerprint density at radius 2 is 1.97 bits per heavy atom. The van der Waals surface area contributed by atoms with Gasteiger partial charge in [-0.2, -0.15) is 0 Å². The van der Waals surface area contributed by atoms with Crippen molar-refractivity contribution in [1.29, 1.82) is 0 Å². The third-order valence-electron chi connectivity index (χ3n) is 10.2. The molecule has 7 atom stereocenters. The number of fused-ring (bicyclic) bond motifs is 2. The van der Waals surface area contributed by atoms with E-state index in [0.717, 1.165) is 43.7 Å². The first-order chi connectivity index (χ1) is 14.1. The van der Waals surface area contributed by atoms with Crippen molar-refractivity contribution in [3.63, 3.8) is 0 Å². The van der Waals surface area contributed by atoms with Crippen LogP contribution in [0.25, 0.3) is 0 Å². The molecule has 2 unspecified atom stereocenters. The van der Waals surface area contributed by atoms with Gasteiger partial charge in [0.15, 0.2) is 11.5 Å². The molecule has 4 bridgehead atoms. The van der Waals surface area contributed by atoms with E-state index in [1.165, 1.54) is 11.1 Å². The first-order valence-corrected chi connectivity index (χ1v) is 11.5. The van der Waals surface area contributed by atoms with Crippen LogP contribution in [0.4, 0.5) is 0 Å². The Kier molecular flexibility index (Phi) is 3.46. The minimum Gasteiger partial charge on any atom is -0.493 e. The van der Waals surface area contributed by atoms with Crippen LogP contribution in [-0.2, 0) is 16.6 Å². The van der Waals surface area contributed by atoms with E-state index in [-0.39, 0.29) is 28.3 Å². The molecule has 1 saturated heterocycles. The number of aliphatic hydroxyl groups is 1. The van der Waals surface area contributed by atoms with Crippen LogP contribution >= 0.6 is 0 Å². The molecular weight excluding hydrogens is 378 g/mol. The first kappa shape index (κ1) is 19.4. The van der Waals surface area contributed by atoms with E-state index < -0.39 is 11.2 Å². The lowest BCUT2D eigenvalue weighted by Gasteiger charge is -2.61. The van der Waals surface area contributed by atoms with Crippen molar-refractivity contribution >= 4 is 0 Å². The fourth-order valence-electron chi connectivity index (χ4n) is 8.48. The maximum atomic E-state index is 11.9. The fraction of sp³-hybridized carbons (Fsp3) is 0.760. The second kappa shape index (κ2) is 5.36. The van der Waals surface area contributed by atoms with E-state index in [0.29, 0.717) is 6.04 Å². The summed E-state index contributed by atoms with van der Waals surface area (Å²) in [5.41, 5.74) is 1.13. The molecule has 0 aromatic heterocycles. The normalized spacial score (nSPS) is 44.4. The van der Waals surface area contributed by atoms with Crippen molar-refractivity contribution in [2.24, 2.45) is 16.7 Å². The van der Waals surface area contributed by atoms with Gasteiger partial charge in [0.2, 0.25) is 0 Å². The maximum Gasteiger partial charge on any atom is 0.165 e. The Morgan fingerprint density at radius 3 is 2.63 bits per heavy atom. The van der Waals surface area contributed by atoms with Crippen molar-refractivity contribution in [1.82, 2.24) is 5.32 Å². The fourth-order valence-corrected chi connectivity index (χ4v) is 8.48. The van der Waals surface area contributed by atoms with Gasteiger partial charge in [0.25, 0.3) is 0 Å². The van der Waals surface area contributed by atoms with Gasteiger partial charge < -0.3 is 24.6 Å². The van der Waals surface area contributed by atoms with Gasteiger partial charge in [-0.15, -0.1) is 0 Å². The standard InChI is InChI=1S/C25H35NO4/c1-21(2,3)22(4,27)16-12-23-13-25(16,29-6)20-24(23)9-10-26-17(23)11-14-7-8-15(28-5)19(30-20)18(14)24/h7-8,16-17,20,26-27H,9-13H2,1-6H3/t16-,17?,20-,22+,23+,24?,25-/m1/s1. The van der Waals surface area contributed by atoms with Crippen LogP contribution in [0.15, 0.2) is 12.1 Å². The highest BCUT2D eigenvalue weighted by atomic mass is 16.6. The van der Waals surface area contributed by atoms with E-state index in [1.807, 2.05) is 14.0 Å². The topological polar surface area (TPSA) is 60.0 Å². The summed E-state index contributed by atoms with van der Waals surface area (Å²) >= 11 is 0. The highest BCUT2D eigenvalue weighted by Crippen LogP contribution is 2.80. The maximum absolute atomic E-state index is 11.9. The molecule has 30 heavy (non-hydrogen) atoms. The zero-order chi connectivity index (χ0) is 21.3. The predicted octanol–water partition coefficient (Wildman–Crippen LogP) is 3.20. The summed E-state index contributed by atoms with van der Waals surface area (Å²) in [6, 6.07) is 4.69. The number of piperidine rings is 1. The molecule has 2 saturated carbocycles. The summed E-state index contributed by atoms with van der Waals surface area (Å²) in [6.07, 6.45) is 3.90. The molecule has 1 aromatic rings. The Bertz CT molecular complexity index is 936. The van der Waals surface area contributed by atoms with E-state index in [4.69, 9.17) is 14.2 Å². The number of benzene rings is 1. The molecule has 2 spiro atoms. The molecule has 164 valence electrons. The first-order valence-electron chi connectivity index (χ1n) is 11.5. The van der Waals surface area contributed by atoms with E-state index in [9.17, 15) is 5.11 Å². The molecule has 1 aromatic carbocycles. The summed E-state index contributed by atoms with van der Waals surface area (Å²) in [7, 11) is 3.56. The van der Waals surface area contributed by atoms with Crippen LogP contribution in [0.1, 0.15) is 58.1 Å². The van der Waals surface area contributed by atoms with E-state index in [1.54, 1.807) is 7.11 Å². The minimum atomic E-state index is -0.870. The van der Waals surface area contributed by atoms with Crippen molar-refractivity contribution < 1.29 is 19.3 Å². The van der Waals surface area contributed by atoms with Gasteiger partial charge in [-0.25, -0.2) is 0 Å². The van der Waals surface area contributed by atoms with Gasteiger partial charge in [0.1, 0.15) is 11.7 Å². The monoisotopic (exact) mass is 413 g/mol. The average Bonchev–Trinajstić information content (AvgIpc) is 3.28. The Balaban J connectivity index is 1.62. The number of methoxy groups -OCH3 is 2. The molecule has 2 aliphatic heterocycles. The smallest absolute Gasteiger partial charge is 0.165 e. The number of hydrogen-bond donors (Lipinski definition) is 2. The summed E-state index contributed by atoms with van der Waals surface area (Å²) in [4.78, 5) is 0. The van der Waals surface area contributed by atoms with Crippen molar-refractivity contribution in [3.05, 3.63) is 23.3 Å². The molecule has 3 aliphatic carbocycles. The third kappa shape index (κ3) is 1.74. The Hall–Kier alpha value is -1.30. The summed E-state index contributed by atoms with van der Waals surface area (Å²) in [5.74, 6) is 1.77. The lowest BCUT2D eigenvalue weighted by atomic mass is 9.46. The van der Waals surface area contributed by atoms with Gasteiger partial charge in [0, 0.05) is 35.5 Å². The second-order valence-corrected chi connectivity index (χ2v) is 11.7. The van der Waals surface area contributed by atoms with Gasteiger partial charge in [-0.1, -0.05) is 26.8 Å². The second-order valence-electron chi connectivity index (χ2n) is 11.7. The Morgan fingerprint density at radius 1 is 1.20 bits per heavy atom. The van der Waals surface area contributed by atoms with Crippen LogP contribution in [0.3, 0.4) is 0 Å². The van der Waals surface area contributed by atoms with Crippen LogP contribution in [0.2, 0.25) is 0 Å². The minimum absolute atomic E-state index is 0.0115. The van der Waals surface area contributed by atoms with Crippen molar-refractivity contribution in [2.45, 2.75) is 82.1 Å². The third-order valence-corrected chi connectivity index (χ3v) is 10.2. The lowest BCUT2D eigenvalue weighted by molar-refractivity contribution is -0.208. The van der Waals surface area contributed by atoms with E-state index in [2.05, 4.69) is 38.2 Å². The molecule has 5 aliphatic rings. The van der Waals surface area contributed by atoms with Gasteiger partial charge in [-0.3, -0.25) is 0 Å². The molecular formula is C25H35NO4. The quantitative estimate of drug-likeness (QED) is 0.797. The Labute approximate surface area is 179 Å². The van der Waals surface area contributed by atoms with E-state index >= 15 is 0 Å². The number of nitrogens with one attached hydrogen (secondary N) is 1. The average molecular weight is 414 g/mol. The van der Waals surface area contributed by atoms with Crippen LogP contribution in [0, 0.1) is 16.7 Å². The molecule has 5 heteroatoms. The van der Waals surface area contributed by atoms with Crippen molar-refractivity contribution in [3.8, 4) is 11.5 Å². The van der Waals surface area contributed by atoms with Crippen LogP contribution in [0.5, 0.6) is 11.5 Å². The molecule has 0 amide bonds. The number of rotatable bonds is 3. The van der Waals surface area contributed by atoms with Gasteiger partial charge >= 0.3 is 0 Å². The molecule has 0 radical (unpaired) electrons. The molecule has 2 heterocycles.